The molecule has 6 heteroatoms. The summed E-state index contributed by atoms with van der Waals surface area (Å²) in [6.45, 7) is 6.23. The Morgan fingerprint density at radius 3 is 2.75 bits per heavy atom. The predicted octanol–water partition coefficient (Wildman–Crippen LogP) is 3.72. The van der Waals surface area contributed by atoms with E-state index in [0.717, 1.165) is 39.6 Å². The van der Waals surface area contributed by atoms with E-state index in [-0.39, 0.29) is 0 Å². The standard InChI is InChI=1S/C18H19N3O2S/c1-11-12(2)24-18-16(11)17(19-10-20-18)21(3)9-13-4-5-14-15(8-13)23-7-6-22-14/h4-5,8,10H,6-7,9H2,1-3H3. The number of thiophene rings is 1. The number of aromatic nitrogens is 2. The van der Waals surface area contributed by atoms with Crippen LogP contribution in [0.25, 0.3) is 10.2 Å². The number of rotatable bonds is 3. The minimum Gasteiger partial charge on any atom is -0.486 e. The number of nitrogens with zero attached hydrogens (tertiary/aromatic N) is 3. The normalized spacial score (nSPS) is 13.3. The number of hydrogen-bond donors (Lipinski definition) is 0. The highest BCUT2D eigenvalue weighted by Crippen LogP contribution is 2.35. The average molecular weight is 341 g/mol. The Morgan fingerprint density at radius 2 is 1.92 bits per heavy atom. The lowest BCUT2D eigenvalue weighted by Gasteiger charge is -2.22. The zero-order valence-corrected chi connectivity index (χ0v) is 14.8. The van der Waals surface area contributed by atoms with Crippen LogP contribution >= 0.6 is 11.3 Å². The molecule has 3 heterocycles. The van der Waals surface area contributed by atoms with Crippen molar-refractivity contribution in [3.63, 3.8) is 0 Å². The summed E-state index contributed by atoms with van der Waals surface area (Å²) in [5.41, 5.74) is 2.43. The SMILES string of the molecule is Cc1sc2ncnc(N(C)Cc3ccc4c(c3)OCCO4)c2c1C. The van der Waals surface area contributed by atoms with Crippen LogP contribution in [0.15, 0.2) is 24.5 Å². The molecular formula is C18H19N3O2S. The number of fused-ring (bicyclic) bond motifs is 2. The van der Waals surface area contributed by atoms with Gasteiger partial charge >= 0.3 is 0 Å². The molecular weight excluding hydrogens is 322 g/mol. The van der Waals surface area contributed by atoms with Crippen LogP contribution in [0.4, 0.5) is 5.82 Å². The number of anilines is 1. The topological polar surface area (TPSA) is 47.5 Å². The molecule has 24 heavy (non-hydrogen) atoms. The lowest BCUT2D eigenvalue weighted by Crippen LogP contribution is -2.19. The molecule has 0 aliphatic carbocycles. The van der Waals surface area contributed by atoms with E-state index >= 15 is 0 Å². The molecule has 0 saturated heterocycles. The minimum atomic E-state index is 0.603. The summed E-state index contributed by atoms with van der Waals surface area (Å²) in [6, 6.07) is 6.11. The Balaban J connectivity index is 1.66. The van der Waals surface area contributed by atoms with Gasteiger partial charge in [-0.15, -0.1) is 11.3 Å². The van der Waals surface area contributed by atoms with Gasteiger partial charge in [0.05, 0.1) is 5.39 Å². The highest BCUT2D eigenvalue weighted by atomic mass is 32.1. The fraction of sp³-hybridized carbons (Fsp3) is 0.333. The third kappa shape index (κ3) is 2.57. The van der Waals surface area contributed by atoms with E-state index in [0.29, 0.717) is 13.2 Å². The first-order valence-corrected chi connectivity index (χ1v) is 8.75. The van der Waals surface area contributed by atoms with E-state index in [2.05, 4.69) is 47.9 Å². The summed E-state index contributed by atoms with van der Waals surface area (Å²) in [5.74, 6) is 2.61. The predicted molar refractivity (Wildman–Crippen MR) is 96.4 cm³/mol. The van der Waals surface area contributed by atoms with Crippen LogP contribution < -0.4 is 14.4 Å². The first-order chi connectivity index (χ1) is 11.6. The quantitative estimate of drug-likeness (QED) is 0.727. The molecule has 0 N–H and O–H groups in total. The van der Waals surface area contributed by atoms with Crippen molar-refractivity contribution in [1.29, 1.82) is 0 Å². The minimum absolute atomic E-state index is 0.603. The molecule has 124 valence electrons. The molecule has 4 rings (SSSR count). The highest BCUT2D eigenvalue weighted by Gasteiger charge is 2.16. The summed E-state index contributed by atoms with van der Waals surface area (Å²) in [5, 5.41) is 1.15. The molecule has 5 nitrogen and oxygen atoms in total. The largest absolute Gasteiger partial charge is 0.486 e. The van der Waals surface area contributed by atoms with Crippen molar-refractivity contribution < 1.29 is 9.47 Å². The van der Waals surface area contributed by atoms with Crippen LogP contribution in [-0.4, -0.2) is 30.2 Å². The van der Waals surface area contributed by atoms with Gasteiger partial charge < -0.3 is 14.4 Å². The third-order valence-corrected chi connectivity index (χ3v) is 5.45. The van der Waals surface area contributed by atoms with Crippen molar-refractivity contribution >= 4 is 27.4 Å². The van der Waals surface area contributed by atoms with Gasteiger partial charge in [-0.05, 0) is 37.1 Å². The molecule has 1 aromatic carbocycles. The fourth-order valence-electron chi connectivity index (χ4n) is 2.99. The number of ether oxygens (including phenoxy) is 2. The molecule has 1 aliphatic heterocycles. The number of aryl methyl sites for hydroxylation is 2. The van der Waals surface area contributed by atoms with Gasteiger partial charge in [-0.2, -0.15) is 0 Å². The van der Waals surface area contributed by atoms with Gasteiger partial charge in [0.2, 0.25) is 0 Å². The second-order valence-corrected chi connectivity index (χ2v) is 7.20. The second kappa shape index (κ2) is 5.94. The van der Waals surface area contributed by atoms with Gasteiger partial charge in [-0.3, -0.25) is 0 Å². The van der Waals surface area contributed by atoms with E-state index < -0.39 is 0 Å². The number of hydrogen-bond acceptors (Lipinski definition) is 6. The maximum atomic E-state index is 5.68. The van der Waals surface area contributed by atoms with Crippen LogP contribution in [0, 0.1) is 13.8 Å². The first kappa shape index (κ1) is 15.2. The van der Waals surface area contributed by atoms with E-state index in [1.165, 1.54) is 10.4 Å². The Labute approximate surface area is 144 Å². The molecule has 0 fully saturated rings. The Morgan fingerprint density at radius 1 is 1.12 bits per heavy atom. The van der Waals surface area contributed by atoms with Crippen molar-refractivity contribution in [2.24, 2.45) is 0 Å². The smallest absolute Gasteiger partial charge is 0.161 e. The van der Waals surface area contributed by atoms with Crippen LogP contribution in [0.2, 0.25) is 0 Å². The molecule has 0 amide bonds. The van der Waals surface area contributed by atoms with E-state index in [1.807, 2.05) is 6.07 Å². The molecule has 0 atom stereocenters. The molecule has 2 aromatic heterocycles. The van der Waals surface area contributed by atoms with Gasteiger partial charge in [0.15, 0.2) is 11.5 Å². The summed E-state index contributed by atoms with van der Waals surface area (Å²) in [7, 11) is 2.06. The molecule has 0 radical (unpaired) electrons. The van der Waals surface area contributed by atoms with Gasteiger partial charge in [0.25, 0.3) is 0 Å². The van der Waals surface area contributed by atoms with Crippen LogP contribution in [0.1, 0.15) is 16.0 Å². The van der Waals surface area contributed by atoms with Crippen molar-refractivity contribution in [3.05, 3.63) is 40.5 Å². The third-order valence-electron chi connectivity index (χ3n) is 4.33. The van der Waals surface area contributed by atoms with Crippen molar-refractivity contribution in [3.8, 4) is 11.5 Å². The van der Waals surface area contributed by atoms with Gasteiger partial charge in [0, 0.05) is 18.5 Å². The molecule has 1 aliphatic rings. The summed E-state index contributed by atoms with van der Waals surface area (Å²) in [4.78, 5) is 13.4. The highest BCUT2D eigenvalue weighted by molar-refractivity contribution is 7.18. The Kier molecular flexibility index (Phi) is 3.76. The summed E-state index contributed by atoms with van der Waals surface area (Å²) >= 11 is 1.72. The van der Waals surface area contributed by atoms with Crippen molar-refractivity contribution in [1.82, 2.24) is 9.97 Å². The molecule has 3 aromatic rings. The maximum absolute atomic E-state index is 5.68. The van der Waals surface area contributed by atoms with Crippen LogP contribution in [-0.2, 0) is 6.54 Å². The lowest BCUT2D eigenvalue weighted by molar-refractivity contribution is 0.171. The Bertz CT molecular complexity index is 907. The molecule has 0 unspecified atom stereocenters. The molecule has 0 spiro atoms. The molecule has 0 saturated carbocycles. The van der Waals surface area contributed by atoms with E-state index in [4.69, 9.17) is 9.47 Å². The summed E-state index contributed by atoms with van der Waals surface area (Å²) in [6.07, 6.45) is 1.65. The molecule has 0 bridgehead atoms. The fourth-order valence-corrected chi connectivity index (χ4v) is 3.98. The van der Waals surface area contributed by atoms with Gasteiger partial charge in [-0.25, -0.2) is 9.97 Å². The Hall–Kier alpha value is -2.34. The average Bonchev–Trinajstić information content (AvgIpc) is 2.89. The zero-order chi connectivity index (χ0) is 16.7. The summed E-state index contributed by atoms with van der Waals surface area (Å²) < 4.78 is 11.3. The van der Waals surface area contributed by atoms with E-state index in [9.17, 15) is 0 Å². The maximum Gasteiger partial charge on any atom is 0.161 e. The second-order valence-electron chi connectivity index (χ2n) is 5.99. The van der Waals surface area contributed by atoms with Crippen LogP contribution in [0.5, 0.6) is 11.5 Å². The zero-order valence-electron chi connectivity index (χ0n) is 14.0. The van der Waals surface area contributed by atoms with Gasteiger partial charge in [0.1, 0.15) is 30.2 Å². The number of benzene rings is 1. The monoisotopic (exact) mass is 341 g/mol. The van der Waals surface area contributed by atoms with Crippen molar-refractivity contribution in [2.75, 3.05) is 25.2 Å². The van der Waals surface area contributed by atoms with Crippen LogP contribution in [0.3, 0.4) is 0 Å². The van der Waals surface area contributed by atoms with E-state index in [1.54, 1.807) is 17.7 Å². The van der Waals surface area contributed by atoms with Crippen molar-refractivity contribution in [2.45, 2.75) is 20.4 Å². The lowest BCUT2D eigenvalue weighted by atomic mass is 10.1. The first-order valence-electron chi connectivity index (χ1n) is 7.94. The van der Waals surface area contributed by atoms with Gasteiger partial charge in [-0.1, -0.05) is 6.07 Å².